The summed E-state index contributed by atoms with van der Waals surface area (Å²) < 4.78 is 28.1. The Morgan fingerprint density at radius 1 is 1.32 bits per heavy atom. The number of benzene rings is 1. The van der Waals surface area contributed by atoms with Crippen LogP contribution in [0, 0.1) is 18.6 Å². The largest absolute Gasteiger partial charge is 0.299 e. The van der Waals surface area contributed by atoms with Gasteiger partial charge < -0.3 is 0 Å². The van der Waals surface area contributed by atoms with Crippen LogP contribution in [0.4, 0.5) is 8.78 Å². The first-order valence-electron chi connectivity index (χ1n) is 5.91. The van der Waals surface area contributed by atoms with Gasteiger partial charge in [0.1, 0.15) is 5.78 Å². The molecule has 3 nitrogen and oxygen atoms in total. The van der Waals surface area contributed by atoms with Gasteiger partial charge in [-0.1, -0.05) is 12.1 Å². The van der Waals surface area contributed by atoms with Crippen LogP contribution in [-0.4, -0.2) is 15.6 Å². The number of carbonyl (C=O) groups is 1. The van der Waals surface area contributed by atoms with Gasteiger partial charge in [0.2, 0.25) is 0 Å². The number of aryl methyl sites for hydroxylation is 2. The average molecular weight is 264 g/mol. The second-order valence-corrected chi connectivity index (χ2v) is 4.51. The van der Waals surface area contributed by atoms with Crippen LogP contribution in [0.2, 0.25) is 0 Å². The van der Waals surface area contributed by atoms with E-state index in [0.717, 1.165) is 17.5 Å². The van der Waals surface area contributed by atoms with Crippen LogP contribution in [-0.2, 0) is 24.7 Å². The third-order valence-electron chi connectivity index (χ3n) is 2.90. The van der Waals surface area contributed by atoms with E-state index in [9.17, 15) is 13.6 Å². The van der Waals surface area contributed by atoms with Crippen LogP contribution < -0.4 is 0 Å². The topological polar surface area (TPSA) is 34.9 Å². The number of hydrogen-bond donors (Lipinski definition) is 0. The van der Waals surface area contributed by atoms with Gasteiger partial charge in [-0.05, 0) is 24.6 Å². The van der Waals surface area contributed by atoms with Crippen molar-refractivity contribution in [1.82, 2.24) is 9.78 Å². The first-order valence-corrected chi connectivity index (χ1v) is 5.91. The summed E-state index contributed by atoms with van der Waals surface area (Å²) in [4.78, 5) is 11.9. The zero-order valence-electron chi connectivity index (χ0n) is 10.8. The van der Waals surface area contributed by atoms with Gasteiger partial charge in [0.05, 0.1) is 5.69 Å². The predicted octanol–water partition coefficient (Wildman–Crippen LogP) is 2.36. The van der Waals surface area contributed by atoms with Crippen molar-refractivity contribution < 1.29 is 13.6 Å². The molecule has 0 aliphatic carbocycles. The Hall–Kier alpha value is -2.04. The fraction of sp³-hybridized carbons (Fsp3) is 0.286. The Balaban J connectivity index is 2.10. The number of Topliss-reactive ketones (excluding diaryl/α,β-unsaturated/α-hetero) is 1. The zero-order chi connectivity index (χ0) is 14.0. The van der Waals surface area contributed by atoms with Crippen molar-refractivity contribution in [2.24, 2.45) is 7.05 Å². The molecule has 0 amide bonds. The molecular weight excluding hydrogens is 250 g/mol. The molecule has 0 fully saturated rings. The lowest BCUT2D eigenvalue weighted by Crippen LogP contribution is -2.11. The van der Waals surface area contributed by atoms with Crippen molar-refractivity contribution in [2.45, 2.75) is 19.8 Å². The van der Waals surface area contributed by atoms with E-state index in [1.807, 2.05) is 6.92 Å². The molecule has 1 heterocycles. The van der Waals surface area contributed by atoms with Gasteiger partial charge in [0, 0.05) is 25.6 Å². The Kier molecular flexibility index (Phi) is 3.74. The fourth-order valence-corrected chi connectivity index (χ4v) is 1.99. The highest BCUT2D eigenvalue weighted by Gasteiger charge is 2.13. The first kappa shape index (κ1) is 13.4. The molecule has 2 aromatic rings. The minimum atomic E-state index is -0.947. The van der Waals surface area contributed by atoms with Crippen molar-refractivity contribution in [1.29, 1.82) is 0 Å². The zero-order valence-corrected chi connectivity index (χ0v) is 10.8. The summed E-state index contributed by atoms with van der Waals surface area (Å²) in [5, 5.41) is 4.13. The third-order valence-corrected chi connectivity index (χ3v) is 2.90. The molecule has 5 heteroatoms. The number of rotatable bonds is 4. The van der Waals surface area contributed by atoms with Crippen LogP contribution in [0.15, 0.2) is 24.3 Å². The maximum atomic E-state index is 13.4. The lowest BCUT2D eigenvalue weighted by atomic mass is 10.0. The Morgan fingerprint density at radius 3 is 2.68 bits per heavy atom. The normalized spacial score (nSPS) is 10.7. The Morgan fingerprint density at radius 2 is 2.05 bits per heavy atom. The summed E-state index contributed by atoms with van der Waals surface area (Å²) in [7, 11) is 1.75. The van der Waals surface area contributed by atoms with Crippen LogP contribution in [0.5, 0.6) is 0 Å². The summed E-state index contributed by atoms with van der Waals surface area (Å²) in [6, 6.07) is 5.66. The third kappa shape index (κ3) is 3.05. The second kappa shape index (κ2) is 5.30. The minimum Gasteiger partial charge on any atom is -0.299 e. The minimum absolute atomic E-state index is 0.0869. The van der Waals surface area contributed by atoms with Crippen molar-refractivity contribution in [3.05, 3.63) is 52.9 Å². The van der Waals surface area contributed by atoms with Crippen molar-refractivity contribution in [3.8, 4) is 0 Å². The molecule has 100 valence electrons. The highest BCUT2D eigenvalue weighted by Crippen LogP contribution is 2.13. The summed E-state index contributed by atoms with van der Waals surface area (Å²) in [5.74, 6) is -2.05. The van der Waals surface area contributed by atoms with Gasteiger partial charge in [0.25, 0.3) is 0 Å². The molecule has 0 aliphatic heterocycles. The monoisotopic (exact) mass is 264 g/mol. The maximum absolute atomic E-state index is 13.4. The quantitative estimate of drug-likeness (QED) is 0.849. The predicted molar refractivity (Wildman–Crippen MR) is 66.7 cm³/mol. The van der Waals surface area contributed by atoms with E-state index < -0.39 is 11.6 Å². The van der Waals surface area contributed by atoms with Crippen molar-refractivity contribution in [2.75, 3.05) is 0 Å². The fourth-order valence-electron chi connectivity index (χ4n) is 1.99. The van der Waals surface area contributed by atoms with Crippen LogP contribution in [0.3, 0.4) is 0 Å². The first-order chi connectivity index (χ1) is 8.97. The van der Waals surface area contributed by atoms with Crippen molar-refractivity contribution >= 4 is 5.78 Å². The molecule has 2 rings (SSSR count). The number of aromatic nitrogens is 2. The maximum Gasteiger partial charge on any atom is 0.162 e. The highest BCUT2D eigenvalue weighted by molar-refractivity contribution is 5.82. The van der Waals surface area contributed by atoms with E-state index in [0.29, 0.717) is 0 Å². The molecule has 0 saturated carbocycles. The lowest BCUT2D eigenvalue weighted by Gasteiger charge is -2.04. The molecule has 0 saturated heterocycles. The molecule has 0 unspecified atom stereocenters. The average Bonchev–Trinajstić information content (AvgIpc) is 2.64. The summed E-state index contributed by atoms with van der Waals surface area (Å²) >= 11 is 0. The number of carbonyl (C=O) groups excluding carboxylic acids is 1. The van der Waals surface area contributed by atoms with E-state index in [-0.39, 0.29) is 24.2 Å². The number of ketones is 1. The highest BCUT2D eigenvalue weighted by atomic mass is 19.2. The molecule has 1 aromatic carbocycles. The van der Waals surface area contributed by atoms with Gasteiger partial charge in [-0.2, -0.15) is 5.10 Å². The molecule has 0 atom stereocenters. The molecule has 0 bridgehead atoms. The van der Waals surface area contributed by atoms with E-state index in [2.05, 4.69) is 5.10 Å². The Labute approximate surface area is 109 Å². The van der Waals surface area contributed by atoms with Gasteiger partial charge in [-0.15, -0.1) is 0 Å². The molecule has 19 heavy (non-hydrogen) atoms. The van der Waals surface area contributed by atoms with Crippen LogP contribution in [0.25, 0.3) is 0 Å². The Bertz CT molecular complexity index is 620. The molecule has 1 aromatic heterocycles. The summed E-state index contributed by atoms with van der Waals surface area (Å²) in [6.45, 7) is 1.83. The number of nitrogens with zero attached hydrogens (tertiary/aromatic N) is 2. The van der Waals surface area contributed by atoms with E-state index >= 15 is 0 Å². The summed E-state index contributed by atoms with van der Waals surface area (Å²) in [6.07, 6.45) is 0.0428. The van der Waals surface area contributed by atoms with E-state index in [1.165, 1.54) is 12.1 Å². The van der Waals surface area contributed by atoms with Gasteiger partial charge in [-0.25, -0.2) is 8.78 Å². The smallest absolute Gasteiger partial charge is 0.162 e. The van der Waals surface area contributed by atoms with Gasteiger partial charge in [-0.3, -0.25) is 9.48 Å². The number of hydrogen-bond acceptors (Lipinski definition) is 2. The number of halogens is 2. The van der Waals surface area contributed by atoms with E-state index in [4.69, 9.17) is 0 Å². The second-order valence-electron chi connectivity index (χ2n) is 4.51. The van der Waals surface area contributed by atoms with Gasteiger partial charge >= 0.3 is 0 Å². The molecule has 0 spiro atoms. The van der Waals surface area contributed by atoms with Crippen LogP contribution in [0.1, 0.15) is 17.0 Å². The SMILES string of the molecule is Cc1cc(CC(=O)Cc2cccc(F)c2F)n(C)n1. The molecule has 0 aliphatic rings. The van der Waals surface area contributed by atoms with Crippen LogP contribution >= 0.6 is 0 Å². The molecule has 0 radical (unpaired) electrons. The summed E-state index contributed by atoms with van der Waals surface area (Å²) in [5.41, 5.74) is 1.67. The van der Waals surface area contributed by atoms with Crippen molar-refractivity contribution in [3.63, 3.8) is 0 Å². The van der Waals surface area contributed by atoms with E-state index in [1.54, 1.807) is 17.8 Å². The molecule has 0 N–H and O–H groups in total. The van der Waals surface area contributed by atoms with Gasteiger partial charge in [0.15, 0.2) is 11.6 Å². The molecular formula is C14H14F2N2O. The lowest BCUT2D eigenvalue weighted by molar-refractivity contribution is -0.117. The standard InChI is InChI=1S/C14H14F2N2O/c1-9-6-11(18(2)17-9)8-12(19)7-10-4-3-5-13(15)14(10)16/h3-6H,7-8H2,1-2H3.